The normalized spacial score (nSPS) is 14.5. The zero-order chi connectivity index (χ0) is 27.7. The third-order valence-electron chi connectivity index (χ3n) is 9.96. The Morgan fingerprint density at radius 1 is 0.683 bits per heavy atom. The molecule has 0 unspecified atom stereocenters. The molecule has 3 aromatic heterocycles. The number of imidazole rings is 2. The summed E-state index contributed by atoms with van der Waals surface area (Å²) in [6, 6.07) is 23.3. The van der Waals surface area contributed by atoms with Gasteiger partial charge in [0.15, 0.2) is 0 Å². The minimum Gasteiger partial charge on any atom is -0.300 e. The number of hydrogen-bond donors (Lipinski definition) is 0. The Balaban J connectivity index is 1.53. The van der Waals surface area contributed by atoms with Gasteiger partial charge in [-0.25, -0.2) is 9.97 Å². The average molecular weight is 528 g/mol. The fraction of sp³-hybridized carbons (Fsp3) is 0.222. The number of nitrogens with zero attached hydrogens (tertiary/aromatic N) is 4. The Labute approximate surface area is 238 Å². The van der Waals surface area contributed by atoms with E-state index in [4.69, 9.17) is 9.97 Å². The summed E-state index contributed by atoms with van der Waals surface area (Å²) in [6.07, 6.45) is 2.04. The third-order valence-corrected chi connectivity index (χ3v) is 9.96. The van der Waals surface area contributed by atoms with E-state index in [9.17, 15) is 0 Å². The molecule has 10 rings (SSSR count). The number of aromatic nitrogens is 4. The standard InChI is InChI=1S/C36H29BN4/c1-35(2,3)20-13-23-31-25(15-20)38-17-40(31)27-12-19-11-10-18-8-7-9-22-28(18)29(19)33-30(27)37(23)24-14-21(36(4,5)6)16-26-32(24)41(33)34(22)39-26/h7-17H,1-6H3. The van der Waals surface area contributed by atoms with Crippen LogP contribution < -0.4 is 16.4 Å². The van der Waals surface area contributed by atoms with E-state index in [1.165, 1.54) is 76.7 Å². The van der Waals surface area contributed by atoms with Gasteiger partial charge in [-0.3, -0.25) is 8.97 Å². The second kappa shape index (κ2) is 6.57. The van der Waals surface area contributed by atoms with Crippen LogP contribution in [0.5, 0.6) is 0 Å². The van der Waals surface area contributed by atoms with Crippen LogP contribution >= 0.6 is 0 Å². The lowest BCUT2D eigenvalue weighted by atomic mass is 9.34. The van der Waals surface area contributed by atoms with Crippen LogP contribution in [-0.4, -0.2) is 25.6 Å². The SMILES string of the molecule is CC(C)(C)c1cc2c3c(c1)ncn3-c1cc3ccc4cccc5c4c3c3c1B2c1cc(C(C)(C)C)cc2nc5n3c12. The van der Waals surface area contributed by atoms with Crippen LogP contribution in [0.3, 0.4) is 0 Å². The molecule has 0 spiro atoms. The van der Waals surface area contributed by atoms with Gasteiger partial charge in [-0.05, 0) is 67.3 Å². The van der Waals surface area contributed by atoms with E-state index in [0.29, 0.717) is 0 Å². The van der Waals surface area contributed by atoms with E-state index < -0.39 is 0 Å². The van der Waals surface area contributed by atoms with E-state index >= 15 is 0 Å². The minimum absolute atomic E-state index is 0.00384. The Kier molecular flexibility index (Phi) is 3.58. The van der Waals surface area contributed by atoms with Gasteiger partial charge in [0.25, 0.3) is 6.71 Å². The van der Waals surface area contributed by atoms with Crippen LogP contribution in [-0.2, 0) is 10.8 Å². The third kappa shape index (κ3) is 2.47. The predicted molar refractivity (Wildman–Crippen MR) is 173 cm³/mol. The molecule has 5 aromatic carbocycles. The maximum atomic E-state index is 5.44. The lowest BCUT2D eigenvalue weighted by Crippen LogP contribution is -2.58. The van der Waals surface area contributed by atoms with Crippen molar-refractivity contribution in [3.63, 3.8) is 0 Å². The van der Waals surface area contributed by atoms with Gasteiger partial charge < -0.3 is 0 Å². The molecule has 0 amide bonds. The molecule has 2 aliphatic rings. The molecule has 0 fully saturated rings. The molecule has 5 heteroatoms. The van der Waals surface area contributed by atoms with Gasteiger partial charge in [-0.2, -0.15) is 0 Å². The van der Waals surface area contributed by atoms with Crippen LogP contribution in [0.1, 0.15) is 52.7 Å². The highest BCUT2D eigenvalue weighted by molar-refractivity contribution is 7.01. The molecule has 5 heterocycles. The lowest BCUT2D eigenvalue weighted by Gasteiger charge is -2.33. The molecule has 196 valence electrons. The summed E-state index contributed by atoms with van der Waals surface area (Å²) in [7, 11) is 0. The van der Waals surface area contributed by atoms with Crippen molar-refractivity contribution in [2.45, 2.75) is 52.4 Å². The molecular formula is C36H29BN4. The Bertz CT molecular complexity index is 2500. The average Bonchev–Trinajstić information content (AvgIpc) is 3.54. The van der Waals surface area contributed by atoms with Gasteiger partial charge in [-0.1, -0.05) is 84.0 Å². The minimum atomic E-state index is 0.00384. The zero-order valence-electron chi connectivity index (χ0n) is 24.2. The predicted octanol–water partition coefficient (Wildman–Crippen LogP) is 6.46. The van der Waals surface area contributed by atoms with Gasteiger partial charge in [0, 0.05) is 21.8 Å². The summed E-state index contributed by atoms with van der Waals surface area (Å²) in [5.74, 6) is 0. The van der Waals surface area contributed by atoms with E-state index in [1.807, 2.05) is 6.33 Å². The van der Waals surface area contributed by atoms with E-state index in [0.717, 1.165) is 16.7 Å². The summed E-state index contributed by atoms with van der Waals surface area (Å²) in [5, 5.41) is 6.46. The van der Waals surface area contributed by atoms with Crippen molar-refractivity contribution >= 4 is 83.3 Å². The number of fused-ring (bicyclic) bond motifs is 4. The van der Waals surface area contributed by atoms with Crippen molar-refractivity contribution in [2.24, 2.45) is 0 Å². The van der Waals surface area contributed by atoms with Crippen molar-refractivity contribution in [2.75, 3.05) is 0 Å². The highest BCUT2D eigenvalue weighted by Gasteiger charge is 2.41. The van der Waals surface area contributed by atoms with E-state index in [1.54, 1.807) is 0 Å². The highest BCUT2D eigenvalue weighted by atomic mass is 15.1. The maximum absolute atomic E-state index is 5.44. The number of rotatable bonds is 0. The Hall–Kier alpha value is -4.38. The molecule has 0 saturated heterocycles. The first-order valence-corrected chi connectivity index (χ1v) is 14.7. The summed E-state index contributed by atoms with van der Waals surface area (Å²) >= 11 is 0. The van der Waals surface area contributed by atoms with Gasteiger partial charge >= 0.3 is 0 Å². The molecule has 0 radical (unpaired) electrons. The van der Waals surface area contributed by atoms with Crippen LogP contribution in [0.2, 0.25) is 0 Å². The first-order chi connectivity index (χ1) is 19.6. The fourth-order valence-corrected chi connectivity index (χ4v) is 7.94. The Morgan fingerprint density at radius 2 is 1.39 bits per heavy atom. The summed E-state index contributed by atoms with van der Waals surface area (Å²) in [4.78, 5) is 10.4. The van der Waals surface area contributed by atoms with Gasteiger partial charge in [0.2, 0.25) is 0 Å². The Morgan fingerprint density at radius 3 is 2.15 bits per heavy atom. The molecule has 0 N–H and O–H groups in total. The molecule has 0 aliphatic carbocycles. The van der Waals surface area contributed by atoms with Crippen LogP contribution in [0.4, 0.5) is 0 Å². The van der Waals surface area contributed by atoms with Crippen molar-refractivity contribution in [1.29, 1.82) is 0 Å². The fourth-order valence-electron chi connectivity index (χ4n) is 7.94. The quantitative estimate of drug-likeness (QED) is 0.167. The number of hydrogen-bond acceptors (Lipinski definition) is 2. The summed E-state index contributed by atoms with van der Waals surface area (Å²) in [5.41, 5.74) is 15.1. The van der Waals surface area contributed by atoms with E-state index in [2.05, 4.69) is 111 Å². The second-order valence-electron chi connectivity index (χ2n) is 14.4. The summed E-state index contributed by atoms with van der Waals surface area (Å²) < 4.78 is 4.86. The number of pyridine rings is 1. The van der Waals surface area contributed by atoms with Gasteiger partial charge in [0.1, 0.15) is 12.0 Å². The highest BCUT2D eigenvalue weighted by Crippen LogP contribution is 2.42. The van der Waals surface area contributed by atoms with Crippen molar-refractivity contribution < 1.29 is 0 Å². The molecular weight excluding hydrogens is 499 g/mol. The number of benzene rings is 5. The van der Waals surface area contributed by atoms with Crippen molar-refractivity contribution in [3.05, 3.63) is 78.1 Å². The molecule has 2 aliphatic heterocycles. The molecule has 0 atom stereocenters. The molecule has 4 nitrogen and oxygen atoms in total. The molecule has 0 bridgehead atoms. The second-order valence-corrected chi connectivity index (χ2v) is 14.4. The molecule has 8 aromatic rings. The smallest absolute Gasteiger partial charge is 0.252 e. The van der Waals surface area contributed by atoms with Crippen LogP contribution in [0.25, 0.3) is 65.8 Å². The first kappa shape index (κ1) is 22.3. The van der Waals surface area contributed by atoms with Crippen LogP contribution in [0, 0.1) is 0 Å². The van der Waals surface area contributed by atoms with Crippen molar-refractivity contribution in [1.82, 2.24) is 18.9 Å². The van der Waals surface area contributed by atoms with Gasteiger partial charge in [0.05, 0.1) is 27.6 Å². The topological polar surface area (TPSA) is 35.1 Å². The van der Waals surface area contributed by atoms with Crippen molar-refractivity contribution in [3.8, 4) is 5.69 Å². The van der Waals surface area contributed by atoms with Crippen LogP contribution in [0.15, 0.2) is 67.0 Å². The first-order valence-electron chi connectivity index (χ1n) is 14.7. The summed E-state index contributed by atoms with van der Waals surface area (Å²) in [6.45, 7) is 14.0. The van der Waals surface area contributed by atoms with Gasteiger partial charge in [-0.15, -0.1) is 0 Å². The lowest BCUT2D eigenvalue weighted by molar-refractivity contribution is 0.591. The van der Waals surface area contributed by atoms with E-state index in [-0.39, 0.29) is 17.5 Å². The zero-order valence-corrected chi connectivity index (χ0v) is 24.2. The monoisotopic (exact) mass is 528 g/mol. The molecule has 41 heavy (non-hydrogen) atoms. The molecule has 0 saturated carbocycles. The largest absolute Gasteiger partial charge is 0.300 e. The maximum Gasteiger partial charge on any atom is 0.252 e.